The van der Waals surface area contributed by atoms with E-state index in [2.05, 4.69) is 74.2 Å². The van der Waals surface area contributed by atoms with Crippen molar-refractivity contribution < 1.29 is 0 Å². The number of nitrogens with one attached hydrogen (secondary N) is 4. The number of imidazole rings is 2. The van der Waals surface area contributed by atoms with Crippen LogP contribution in [0.1, 0.15) is 67.1 Å². The number of nitrogens with zero attached hydrogens (tertiary/aromatic N) is 2. The van der Waals surface area contributed by atoms with Crippen LogP contribution in [0.2, 0.25) is 0 Å². The summed E-state index contributed by atoms with van der Waals surface area (Å²) in [5.41, 5.74) is 8.52. The maximum absolute atomic E-state index is 4.83. The summed E-state index contributed by atoms with van der Waals surface area (Å²) < 4.78 is 0. The summed E-state index contributed by atoms with van der Waals surface area (Å²) in [6.07, 6.45) is 19.2. The zero-order valence-electron chi connectivity index (χ0n) is 19.3. The van der Waals surface area contributed by atoms with E-state index >= 15 is 0 Å². The van der Waals surface area contributed by atoms with Gasteiger partial charge in [-0.2, -0.15) is 0 Å². The van der Waals surface area contributed by atoms with E-state index in [9.17, 15) is 0 Å². The molecule has 4 N–H and O–H groups in total. The van der Waals surface area contributed by atoms with E-state index < -0.39 is 0 Å². The molecule has 3 atom stereocenters. The molecule has 2 saturated heterocycles. The van der Waals surface area contributed by atoms with Crippen molar-refractivity contribution in [3.05, 3.63) is 83.3 Å². The number of rotatable bonds is 4. The van der Waals surface area contributed by atoms with Crippen molar-refractivity contribution in [3.8, 4) is 0 Å². The predicted octanol–water partition coefficient (Wildman–Crippen LogP) is 5.12. The van der Waals surface area contributed by atoms with Crippen molar-refractivity contribution >= 4 is 22.2 Å². The van der Waals surface area contributed by atoms with Gasteiger partial charge in [0.1, 0.15) is 11.6 Å². The predicted molar refractivity (Wildman–Crippen MR) is 136 cm³/mol. The number of H-pyrrole nitrogens is 2. The second-order valence-electron chi connectivity index (χ2n) is 9.96. The van der Waals surface area contributed by atoms with Gasteiger partial charge in [0.15, 0.2) is 0 Å². The van der Waals surface area contributed by atoms with Gasteiger partial charge in [0.05, 0.1) is 35.0 Å². The number of aromatic nitrogens is 4. The molecule has 4 aliphatic rings. The van der Waals surface area contributed by atoms with Crippen LogP contribution in [0.4, 0.5) is 0 Å². The van der Waals surface area contributed by atoms with Crippen molar-refractivity contribution in [2.24, 2.45) is 5.92 Å². The molecule has 0 bridgehead atoms. The first kappa shape index (κ1) is 20.2. The van der Waals surface area contributed by atoms with Crippen LogP contribution in [0.15, 0.2) is 60.3 Å². The maximum atomic E-state index is 4.83. The third-order valence-corrected chi connectivity index (χ3v) is 7.73. The van der Waals surface area contributed by atoms with Gasteiger partial charge in [-0.05, 0) is 85.7 Å². The number of hydrogen-bond donors (Lipinski definition) is 4. The Balaban J connectivity index is 1.13. The molecule has 3 aromatic rings. The number of allylic oxidation sites excluding steroid dienone is 8. The molecule has 3 unspecified atom stereocenters. The van der Waals surface area contributed by atoms with E-state index in [1.807, 2.05) is 6.20 Å². The molecule has 2 aliphatic carbocycles. The van der Waals surface area contributed by atoms with Crippen molar-refractivity contribution in [1.82, 2.24) is 30.6 Å². The fourth-order valence-electron chi connectivity index (χ4n) is 5.80. The molecule has 0 radical (unpaired) electrons. The lowest BCUT2D eigenvalue weighted by atomic mass is 9.80. The summed E-state index contributed by atoms with van der Waals surface area (Å²) >= 11 is 0. The van der Waals surface area contributed by atoms with E-state index in [1.165, 1.54) is 35.1 Å². The Labute approximate surface area is 199 Å². The second kappa shape index (κ2) is 8.22. The van der Waals surface area contributed by atoms with Crippen LogP contribution >= 0.6 is 0 Å². The maximum Gasteiger partial charge on any atom is 0.124 e. The van der Waals surface area contributed by atoms with Gasteiger partial charge in [-0.25, -0.2) is 9.97 Å². The minimum absolute atomic E-state index is 0.365. The topological polar surface area (TPSA) is 81.4 Å². The molecule has 6 nitrogen and oxygen atoms in total. The number of fused-ring (bicyclic) bond motifs is 2. The first-order valence-electron chi connectivity index (χ1n) is 12.6. The lowest BCUT2D eigenvalue weighted by Gasteiger charge is -2.24. The molecular weight excluding hydrogens is 420 g/mol. The largest absolute Gasteiger partial charge is 0.341 e. The lowest BCUT2D eigenvalue weighted by Crippen LogP contribution is -2.14. The quantitative estimate of drug-likeness (QED) is 0.445. The van der Waals surface area contributed by atoms with E-state index in [1.54, 1.807) is 0 Å². The third kappa shape index (κ3) is 3.58. The van der Waals surface area contributed by atoms with Crippen molar-refractivity contribution in [2.45, 2.75) is 44.2 Å². The number of benzene rings is 1. The normalized spacial score (nSPS) is 26.5. The Kier molecular flexibility index (Phi) is 4.88. The molecule has 34 heavy (non-hydrogen) atoms. The summed E-state index contributed by atoms with van der Waals surface area (Å²) in [4.78, 5) is 16.6. The molecule has 7 rings (SSSR count). The molecule has 2 aliphatic heterocycles. The van der Waals surface area contributed by atoms with Crippen LogP contribution in [0.3, 0.4) is 0 Å². The second-order valence-corrected chi connectivity index (χ2v) is 9.96. The number of aromatic amines is 2. The van der Waals surface area contributed by atoms with Crippen LogP contribution < -0.4 is 10.6 Å². The lowest BCUT2D eigenvalue weighted by molar-refractivity contribution is 0.612. The van der Waals surface area contributed by atoms with Gasteiger partial charge in [-0.3, -0.25) is 0 Å². The number of hydrogen-bond acceptors (Lipinski definition) is 4. The minimum Gasteiger partial charge on any atom is -0.341 e. The van der Waals surface area contributed by atoms with Gasteiger partial charge >= 0.3 is 0 Å². The average Bonchev–Trinajstić information content (AvgIpc) is 3.69. The molecule has 0 saturated carbocycles. The summed E-state index contributed by atoms with van der Waals surface area (Å²) in [6, 6.07) is 7.37. The smallest absolute Gasteiger partial charge is 0.124 e. The molecule has 172 valence electrons. The third-order valence-electron chi connectivity index (χ3n) is 7.73. The van der Waals surface area contributed by atoms with Crippen LogP contribution in [0.5, 0.6) is 0 Å². The first-order chi connectivity index (χ1) is 16.8. The van der Waals surface area contributed by atoms with Gasteiger partial charge in [-0.1, -0.05) is 30.4 Å². The zero-order chi connectivity index (χ0) is 22.5. The van der Waals surface area contributed by atoms with Crippen LogP contribution in [-0.4, -0.2) is 33.0 Å². The summed E-state index contributed by atoms with van der Waals surface area (Å²) in [5.74, 6) is 2.55. The highest BCUT2D eigenvalue weighted by atomic mass is 15.0. The highest BCUT2D eigenvalue weighted by Gasteiger charge is 2.24. The Morgan fingerprint density at radius 2 is 1.76 bits per heavy atom. The van der Waals surface area contributed by atoms with Crippen LogP contribution in [0.25, 0.3) is 22.2 Å². The average molecular weight is 451 g/mol. The minimum atomic E-state index is 0.365. The Bertz CT molecular complexity index is 1350. The van der Waals surface area contributed by atoms with E-state index in [4.69, 9.17) is 4.98 Å². The van der Waals surface area contributed by atoms with Crippen molar-refractivity contribution in [3.63, 3.8) is 0 Å². The Morgan fingerprint density at radius 3 is 2.59 bits per heavy atom. The Hall–Kier alpha value is -3.22. The molecule has 1 aromatic carbocycles. The summed E-state index contributed by atoms with van der Waals surface area (Å²) in [5, 5.41) is 7.06. The summed E-state index contributed by atoms with van der Waals surface area (Å²) in [6.45, 7) is 2.16. The first-order valence-corrected chi connectivity index (χ1v) is 12.6. The van der Waals surface area contributed by atoms with Crippen LogP contribution in [-0.2, 0) is 0 Å². The summed E-state index contributed by atoms with van der Waals surface area (Å²) in [7, 11) is 0. The van der Waals surface area contributed by atoms with E-state index in [0.717, 1.165) is 60.7 Å². The fourth-order valence-corrected chi connectivity index (χ4v) is 5.80. The van der Waals surface area contributed by atoms with Crippen molar-refractivity contribution in [1.29, 1.82) is 0 Å². The molecule has 0 spiro atoms. The Morgan fingerprint density at radius 1 is 0.912 bits per heavy atom. The monoisotopic (exact) mass is 450 g/mol. The molecule has 2 fully saturated rings. The molecule has 4 heterocycles. The van der Waals surface area contributed by atoms with Crippen molar-refractivity contribution in [2.75, 3.05) is 13.1 Å². The van der Waals surface area contributed by atoms with E-state index in [0.29, 0.717) is 18.0 Å². The highest BCUT2D eigenvalue weighted by Crippen LogP contribution is 2.38. The fraction of sp³-hybridized carbons (Fsp3) is 0.357. The standard InChI is InChI=1S/C28H30N6/c1-3-23(29-11-1)27-31-16-26(34-27)21-8-7-17-13-18(5-6-19(17)14-21)20-9-10-22-25(15-20)33-28(32-22)24-4-2-12-30-24/h5-10,14-17,23-24,29-30H,1-4,11-13H2,(H,31,34)(H,32,33). The van der Waals surface area contributed by atoms with E-state index in [-0.39, 0.29) is 0 Å². The molecular formula is C28H30N6. The molecule has 0 amide bonds. The zero-order valence-corrected chi connectivity index (χ0v) is 19.3. The van der Waals surface area contributed by atoms with Crippen LogP contribution in [0, 0.1) is 5.92 Å². The van der Waals surface area contributed by atoms with Gasteiger partial charge in [-0.15, -0.1) is 0 Å². The van der Waals surface area contributed by atoms with Gasteiger partial charge in [0.2, 0.25) is 0 Å². The highest BCUT2D eigenvalue weighted by molar-refractivity contribution is 5.83. The molecule has 2 aromatic heterocycles. The van der Waals surface area contributed by atoms with Gasteiger partial charge in [0, 0.05) is 5.92 Å². The SMILES string of the molecule is C1=CC2CC(c3ccc4nc(C5CCCN5)[nH]c4c3)=CC=C2C=C1c1cnc(C2CCCN2)[nH]1. The molecule has 6 heteroatoms. The van der Waals surface area contributed by atoms with Gasteiger partial charge in [0.25, 0.3) is 0 Å². The van der Waals surface area contributed by atoms with Gasteiger partial charge < -0.3 is 20.6 Å².